The van der Waals surface area contributed by atoms with Crippen LogP contribution in [-0.2, 0) is 0 Å². The highest BCUT2D eigenvalue weighted by molar-refractivity contribution is 5.53. The molecule has 0 amide bonds. The van der Waals surface area contributed by atoms with E-state index in [-0.39, 0.29) is 6.15 Å². The van der Waals surface area contributed by atoms with Crippen molar-refractivity contribution in [1.82, 2.24) is 6.15 Å². The van der Waals surface area contributed by atoms with Gasteiger partial charge in [-0.05, 0) is 0 Å². The fraction of sp³-hybridized carbons (Fsp3) is 0.667. The van der Waals surface area contributed by atoms with E-state index in [2.05, 4.69) is 28.2 Å². The number of carbonyl (C=O) groups is 2. The van der Waals surface area contributed by atoms with E-state index in [1.54, 1.807) is 0 Å². The molecule has 0 saturated heterocycles. The van der Waals surface area contributed by atoms with Gasteiger partial charge in [0.25, 0.3) is 0 Å². The molecule has 88 valence electrons. The van der Waals surface area contributed by atoms with Gasteiger partial charge in [-0.25, -0.2) is 4.79 Å². The summed E-state index contributed by atoms with van der Waals surface area (Å²) in [6, 6.07) is 0. The molecule has 8 nitrogen and oxygen atoms in total. The molecule has 8 heteroatoms. The molecule has 0 atom stereocenters. The first kappa shape index (κ1) is 22.9. The summed E-state index contributed by atoms with van der Waals surface area (Å²) in [7, 11) is 8.50. The summed E-state index contributed by atoms with van der Waals surface area (Å²) in [6.45, 7) is 0. The minimum absolute atomic E-state index is 0. The maximum atomic E-state index is 8.56. The van der Waals surface area contributed by atoms with E-state index in [0.29, 0.717) is 0 Å². The van der Waals surface area contributed by atoms with Gasteiger partial charge in [0.2, 0.25) is 6.16 Å². The van der Waals surface area contributed by atoms with Gasteiger partial charge in [0.05, 0.1) is 28.2 Å². The Hall–Kier alpha value is -1.54. The third-order valence-corrected chi connectivity index (χ3v) is 0. The van der Waals surface area contributed by atoms with E-state index in [0.717, 1.165) is 4.48 Å². The Bertz CT molecular complexity index is 127. The number of rotatable bonds is 0. The molecule has 0 aromatic heterocycles. The van der Waals surface area contributed by atoms with Crippen molar-refractivity contribution in [2.75, 3.05) is 28.2 Å². The van der Waals surface area contributed by atoms with E-state index < -0.39 is 12.3 Å². The number of quaternary nitrogens is 1. The second-order valence-electron chi connectivity index (χ2n) is 3.23. The molecule has 0 aliphatic heterocycles. The summed E-state index contributed by atoms with van der Waals surface area (Å²) in [5, 5.41) is 29.2. The second-order valence-corrected chi connectivity index (χ2v) is 3.23. The average Bonchev–Trinajstić information content (AvgIpc) is 1.50. The van der Waals surface area contributed by atoms with Gasteiger partial charge in [-0.1, -0.05) is 0 Å². The Morgan fingerprint density at radius 2 is 1.00 bits per heavy atom. The fourth-order valence-corrected chi connectivity index (χ4v) is 0. The molecular formula is C6H18N2O6. The molecule has 0 aliphatic carbocycles. The summed E-state index contributed by atoms with van der Waals surface area (Å²) in [5.41, 5.74) is 0. The van der Waals surface area contributed by atoms with E-state index in [1.165, 1.54) is 0 Å². The highest BCUT2D eigenvalue weighted by Gasteiger charge is 1.88. The predicted molar refractivity (Wildman–Crippen MR) is 47.7 cm³/mol. The Balaban J connectivity index is -0.0000000522. The highest BCUT2D eigenvalue weighted by Crippen LogP contribution is 1.73. The number of carboxylic acid groups (broad SMARTS) is 4. The Morgan fingerprint density at radius 1 is 1.00 bits per heavy atom. The molecule has 0 aromatic rings. The summed E-state index contributed by atoms with van der Waals surface area (Å²) in [6.07, 6.45) is -3.92. The molecule has 0 bridgehead atoms. The van der Waals surface area contributed by atoms with Crippen LogP contribution in [0, 0.1) is 0 Å². The molecule has 0 fully saturated rings. The zero-order valence-electron chi connectivity index (χ0n) is 8.72. The molecule has 6 N–H and O–H groups in total. The lowest BCUT2D eigenvalue weighted by atomic mass is 10.8. The van der Waals surface area contributed by atoms with Crippen molar-refractivity contribution < 1.29 is 34.5 Å². The largest absolute Gasteiger partial charge is 0.565 e. The van der Waals surface area contributed by atoms with Crippen LogP contribution >= 0.6 is 0 Å². The van der Waals surface area contributed by atoms with Gasteiger partial charge in [-0.3, -0.25) is 0 Å². The first-order chi connectivity index (χ1) is 5.46. The van der Waals surface area contributed by atoms with Crippen LogP contribution in [0.25, 0.3) is 0 Å². The van der Waals surface area contributed by atoms with Crippen LogP contribution in [0.2, 0.25) is 0 Å². The number of nitrogens with zero attached hydrogens (tertiary/aromatic N) is 1. The molecule has 0 aromatic carbocycles. The molecular weight excluding hydrogens is 196 g/mol. The van der Waals surface area contributed by atoms with Gasteiger partial charge >= 0.3 is 6.16 Å². The predicted octanol–water partition coefficient (Wildman–Crippen LogP) is -0.405. The third kappa shape index (κ3) is 395. The molecule has 0 saturated carbocycles. The van der Waals surface area contributed by atoms with Crippen molar-refractivity contribution in [3.05, 3.63) is 0 Å². The van der Waals surface area contributed by atoms with Gasteiger partial charge in [0, 0.05) is 0 Å². The first-order valence-electron chi connectivity index (χ1n) is 3.07. The average molecular weight is 214 g/mol. The highest BCUT2D eigenvalue weighted by atomic mass is 16.6. The quantitative estimate of drug-likeness (QED) is 0.400. The molecule has 0 aliphatic rings. The van der Waals surface area contributed by atoms with Crippen LogP contribution in [-0.4, -0.2) is 60.3 Å². The number of hydrogen-bond donors (Lipinski definition) is 4. The molecule has 14 heavy (non-hydrogen) atoms. The smallest absolute Gasteiger partial charge is 0.503 e. The van der Waals surface area contributed by atoms with Crippen molar-refractivity contribution >= 4 is 12.3 Å². The van der Waals surface area contributed by atoms with Crippen LogP contribution in [0.1, 0.15) is 0 Å². The van der Waals surface area contributed by atoms with Crippen LogP contribution in [0.4, 0.5) is 9.59 Å². The second kappa shape index (κ2) is 11.5. The monoisotopic (exact) mass is 214 g/mol. The van der Waals surface area contributed by atoms with E-state index in [4.69, 9.17) is 30.0 Å². The van der Waals surface area contributed by atoms with Crippen LogP contribution in [0.5, 0.6) is 0 Å². The van der Waals surface area contributed by atoms with Gasteiger partial charge in [-0.15, -0.1) is 0 Å². The van der Waals surface area contributed by atoms with E-state index in [1.807, 2.05) is 0 Å². The topological polar surface area (TPSA) is 153 Å². The Morgan fingerprint density at radius 3 is 1.00 bits per heavy atom. The Labute approximate surface area is 82.2 Å². The molecule has 0 radical (unpaired) electrons. The molecule has 0 heterocycles. The van der Waals surface area contributed by atoms with Crippen LogP contribution < -0.4 is 11.3 Å². The van der Waals surface area contributed by atoms with Crippen molar-refractivity contribution in [2.24, 2.45) is 0 Å². The van der Waals surface area contributed by atoms with Gasteiger partial charge in [0.15, 0.2) is 0 Å². The summed E-state index contributed by atoms with van der Waals surface area (Å²) in [4.78, 5) is 17.0. The van der Waals surface area contributed by atoms with Gasteiger partial charge in [0.1, 0.15) is 0 Å². The zero-order valence-corrected chi connectivity index (χ0v) is 8.72. The van der Waals surface area contributed by atoms with Crippen LogP contribution in [0.3, 0.4) is 0 Å². The minimum atomic E-state index is -2.08. The van der Waals surface area contributed by atoms with Gasteiger partial charge in [-0.2, -0.15) is 0 Å². The normalized spacial score (nSPS) is 7.71. The molecule has 0 rings (SSSR count). The van der Waals surface area contributed by atoms with E-state index >= 15 is 0 Å². The summed E-state index contributed by atoms with van der Waals surface area (Å²) >= 11 is 0. The maximum Gasteiger partial charge on any atom is 0.503 e. The summed E-state index contributed by atoms with van der Waals surface area (Å²) < 4.78 is 1.00. The van der Waals surface area contributed by atoms with Crippen molar-refractivity contribution in [2.45, 2.75) is 0 Å². The SMILES string of the molecule is C[N+](C)(C)C.N.O=C(O)O.O=C([O-])O. The first-order valence-corrected chi connectivity index (χ1v) is 3.07. The van der Waals surface area contributed by atoms with E-state index in [9.17, 15) is 0 Å². The van der Waals surface area contributed by atoms with Crippen molar-refractivity contribution in [3.8, 4) is 0 Å². The third-order valence-electron chi connectivity index (χ3n) is 0. The Kier molecular flexibility index (Phi) is 18.7. The van der Waals surface area contributed by atoms with Crippen molar-refractivity contribution in [1.29, 1.82) is 0 Å². The molecule has 0 unspecified atom stereocenters. The van der Waals surface area contributed by atoms with Gasteiger partial charge < -0.3 is 35.9 Å². The zero-order chi connectivity index (χ0) is 11.7. The van der Waals surface area contributed by atoms with Crippen LogP contribution in [0.15, 0.2) is 0 Å². The number of hydrogen-bond acceptors (Lipinski definition) is 4. The minimum Gasteiger partial charge on any atom is -0.565 e. The maximum absolute atomic E-state index is 8.56. The lowest BCUT2D eigenvalue weighted by Gasteiger charge is -2.14. The molecule has 0 spiro atoms. The standard InChI is InChI=1S/C4H12N.2CH2O3.H3N/c1-5(2,3)4;2*2-1(3)4;/h1-4H3;2*(H2,2,3,4);1H3/q+1;;;/p-1. The lowest BCUT2D eigenvalue weighted by molar-refractivity contribution is -0.849. The summed E-state index contributed by atoms with van der Waals surface area (Å²) in [5.74, 6) is 0. The fourth-order valence-electron chi connectivity index (χ4n) is 0. The van der Waals surface area contributed by atoms with Crippen molar-refractivity contribution in [3.63, 3.8) is 0 Å². The lowest BCUT2D eigenvalue weighted by Crippen LogP contribution is -2.27.